The van der Waals surface area contributed by atoms with E-state index < -0.39 is 4.92 Å². The molecule has 1 amide bonds. The first-order valence-electron chi connectivity index (χ1n) is 8.16. The fraction of sp³-hybridized carbons (Fsp3) is 0.222. The van der Waals surface area contributed by atoms with Gasteiger partial charge in [0.15, 0.2) is 0 Å². The average molecular weight is 369 g/mol. The van der Waals surface area contributed by atoms with Gasteiger partial charge in [-0.25, -0.2) is 0 Å². The van der Waals surface area contributed by atoms with Crippen molar-refractivity contribution in [2.75, 3.05) is 35.6 Å². The molecule has 140 valence electrons. The predicted octanol–water partition coefficient (Wildman–Crippen LogP) is 2.12. The number of aliphatic hydroxyl groups excluding tert-OH is 1. The fourth-order valence-electron chi connectivity index (χ4n) is 2.31. The Labute approximate surface area is 155 Å². The minimum Gasteiger partial charge on any atom is -0.395 e. The number of nitriles is 1. The molecule has 9 heteroatoms. The Morgan fingerprint density at radius 3 is 2.52 bits per heavy atom. The van der Waals surface area contributed by atoms with Crippen LogP contribution in [0.3, 0.4) is 0 Å². The van der Waals surface area contributed by atoms with Crippen molar-refractivity contribution in [1.82, 2.24) is 0 Å². The summed E-state index contributed by atoms with van der Waals surface area (Å²) in [5, 5.41) is 37.0. The zero-order chi connectivity index (χ0) is 19.6. The van der Waals surface area contributed by atoms with Crippen molar-refractivity contribution in [3.8, 4) is 6.07 Å². The molecule has 0 bridgehead atoms. The number of carbonyl (C=O) groups excluding carboxylic acids is 1. The number of non-ortho nitro benzene ring substituents is 1. The molecule has 0 aliphatic rings. The smallest absolute Gasteiger partial charge is 0.271 e. The highest BCUT2D eigenvalue weighted by Gasteiger charge is 2.12. The van der Waals surface area contributed by atoms with Crippen LogP contribution < -0.4 is 16.0 Å². The zero-order valence-corrected chi connectivity index (χ0v) is 14.4. The number of anilines is 3. The molecular formula is C18H19N5O4. The summed E-state index contributed by atoms with van der Waals surface area (Å²) in [6.07, 6.45) is 0.298. The van der Waals surface area contributed by atoms with Crippen molar-refractivity contribution in [3.63, 3.8) is 0 Å². The molecule has 27 heavy (non-hydrogen) atoms. The van der Waals surface area contributed by atoms with E-state index in [9.17, 15) is 14.9 Å². The van der Waals surface area contributed by atoms with E-state index in [-0.39, 0.29) is 31.3 Å². The lowest BCUT2D eigenvalue weighted by Crippen LogP contribution is -2.22. The van der Waals surface area contributed by atoms with E-state index in [1.807, 2.05) is 6.07 Å². The van der Waals surface area contributed by atoms with E-state index in [0.717, 1.165) is 5.56 Å². The van der Waals surface area contributed by atoms with Gasteiger partial charge >= 0.3 is 0 Å². The second kappa shape index (κ2) is 9.74. The van der Waals surface area contributed by atoms with Crippen LogP contribution in [-0.4, -0.2) is 35.6 Å². The van der Waals surface area contributed by atoms with E-state index in [0.29, 0.717) is 23.5 Å². The summed E-state index contributed by atoms with van der Waals surface area (Å²) >= 11 is 0. The number of nitrogens with one attached hydrogen (secondary N) is 3. The lowest BCUT2D eigenvalue weighted by Gasteiger charge is -2.13. The van der Waals surface area contributed by atoms with Gasteiger partial charge in [0.05, 0.1) is 41.9 Å². The van der Waals surface area contributed by atoms with Gasteiger partial charge in [0, 0.05) is 24.4 Å². The Bertz CT molecular complexity index is 846. The van der Waals surface area contributed by atoms with E-state index in [4.69, 9.17) is 10.4 Å². The van der Waals surface area contributed by atoms with Gasteiger partial charge in [-0.1, -0.05) is 12.1 Å². The molecule has 0 unspecified atom stereocenters. The summed E-state index contributed by atoms with van der Waals surface area (Å²) in [7, 11) is 0. The Morgan fingerprint density at radius 2 is 1.89 bits per heavy atom. The second-order valence-electron chi connectivity index (χ2n) is 5.57. The number of rotatable bonds is 9. The first-order valence-corrected chi connectivity index (χ1v) is 8.16. The number of nitrogens with zero attached hydrogens (tertiary/aromatic N) is 2. The van der Waals surface area contributed by atoms with Crippen molar-refractivity contribution < 1.29 is 14.8 Å². The van der Waals surface area contributed by atoms with Gasteiger partial charge in [-0.15, -0.1) is 0 Å². The summed E-state index contributed by atoms with van der Waals surface area (Å²) in [5.41, 5.74) is 2.26. The van der Waals surface area contributed by atoms with Crippen LogP contribution in [0.1, 0.15) is 5.56 Å². The topological polar surface area (TPSA) is 140 Å². The zero-order valence-electron chi connectivity index (χ0n) is 14.4. The maximum absolute atomic E-state index is 12.1. The van der Waals surface area contributed by atoms with E-state index in [1.54, 1.807) is 24.3 Å². The molecule has 0 aliphatic heterocycles. The monoisotopic (exact) mass is 369 g/mol. The molecular weight excluding hydrogens is 350 g/mol. The molecule has 0 radical (unpaired) electrons. The summed E-state index contributed by atoms with van der Waals surface area (Å²) in [5.74, 6) is -0.331. The van der Waals surface area contributed by atoms with Crippen molar-refractivity contribution >= 4 is 28.7 Å². The number of benzene rings is 2. The van der Waals surface area contributed by atoms with Gasteiger partial charge in [0.1, 0.15) is 0 Å². The van der Waals surface area contributed by atoms with Crippen LogP contribution in [0.15, 0.2) is 42.5 Å². The van der Waals surface area contributed by atoms with Crippen molar-refractivity contribution in [1.29, 1.82) is 5.26 Å². The minimum absolute atomic E-state index is 0.0985. The molecule has 2 rings (SSSR count). The number of hydrogen-bond acceptors (Lipinski definition) is 7. The van der Waals surface area contributed by atoms with Crippen LogP contribution in [0.25, 0.3) is 0 Å². The number of carbonyl (C=O) groups is 1. The number of hydrogen-bond donors (Lipinski definition) is 4. The van der Waals surface area contributed by atoms with Crippen LogP contribution >= 0.6 is 0 Å². The quantitative estimate of drug-likeness (QED) is 0.392. The minimum atomic E-state index is -0.524. The number of amides is 1. The molecule has 0 heterocycles. The molecule has 0 atom stereocenters. The van der Waals surface area contributed by atoms with Crippen LogP contribution in [0, 0.1) is 21.4 Å². The van der Waals surface area contributed by atoms with Crippen molar-refractivity contribution in [2.45, 2.75) is 6.42 Å². The lowest BCUT2D eigenvalue weighted by atomic mass is 10.1. The second-order valence-corrected chi connectivity index (χ2v) is 5.57. The molecule has 0 fully saturated rings. The Balaban J connectivity index is 2.01. The molecule has 0 spiro atoms. The molecule has 0 saturated heterocycles. The third-order valence-electron chi connectivity index (χ3n) is 3.60. The van der Waals surface area contributed by atoms with Gasteiger partial charge in [-0.2, -0.15) is 5.26 Å². The normalized spacial score (nSPS) is 9.93. The largest absolute Gasteiger partial charge is 0.395 e. The summed E-state index contributed by atoms with van der Waals surface area (Å²) in [6, 6.07) is 13.1. The molecule has 4 N–H and O–H groups in total. The lowest BCUT2D eigenvalue weighted by molar-refractivity contribution is -0.384. The van der Waals surface area contributed by atoms with Gasteiger partial charge in [0.2, 0.25) is 5.91 Å². The van der Waals surface area contributed by atoms with Crippen LogP contribution in [0.2, 0.25) is 0 Å². The molecule has 2 aromatic carbocycles. The third kappa shape index (κ3) is 5.98. The van der Waals surface area contributed by atoms with Crippen molar-refractivity contribution in [2.24, 2.45) is 0 Å². The van der Waals surface area contributed by atoms with E-state index >= 15 is 0 Å². The SMILES string of the molecule is N#CCc1ccc(NC(=O)CNc2cc([N+](=O)[O-])ccc2NCCO)cc1. The molecule has 0 aliphatic carbocycles. The standard InChI is InChI=1S/C18H19N5O4/c19-8-7-13-1-3-14(4-2-13)22-18(25)12-21-17-11-15(23(26)27)5-6-16(17)20-9-10-24/h1-6,11,20-21,24H,7,9-10,12H2,(H,22,25). The number of aliphatic hydroxyl groups is 1. The van der Waals surface area contributed by atoms with Gasteiger partial charge in [-0.05, 0) is 23.8 Å². The van der Waals surface area contributed by atoms with E-state index in [2.05, 4.69) is 16.0 Å². The van der Waals surface area contributed by atoms with Crippen LogP contribution in [-0.2, 0) is 11.2 Å². The predicted molar refractivity (Wildman–Crippen MR) is 102 cm³/mol. The number of nitro groups is 1. The number of nitro benzene ring substituents is 1. The summed E-state index contributed by atoms with van der Waals surface area (Å²) in [4.78, 5) is 22.5. The first kappa shape index (κ1) is 19.7. The molecule has 0 aromatic heterocycles. The third-order valence-corrected chi connectivity index (χ3v) is 3.60. The van der Waals surface area contributed by atoms with E-state index in [1.165, 1.54) is 18.2 Å². The maximum atomic E-state index is 12.1. The first-order chi connectivity index (χ1) is 13.0. The summed E-state index contributed by atoms with van der Waals surface area (Å²) < 4.78 is 0. The molecule has 9 nitrogen and oxygen atoms in total. The maximum Gasteiger partial charge on any atom is 0.271 e. The van der Waals surface area contributed by atoms with Crippen LogP contribution in [0.4, 0.5) is 22.7 Å². The molecule has 2 aromatic rings. The summed E-state index contributed by atoms with van der Waals surface area (Å²) in [6.45, 7) is 0.0708. The van der Waals surface area contributed by atoms with Gasteiger partial charge in [0.25, 0.3) is 5.69 Å². The fourth-order valence-corrected chi connectivity index (χ4v) is 2.31. The van der Waals surface area contributed by atoms with Crippen LogP contribution in [0.5, 0.6) is 0 Å². The Kier molecular flexibility index (Phi) is 7.10. The molecule has 0 saturated carbocycles. The Hall–Kier alpha value is -3.64. The highest BCUT2D eigenvalue weighted by molar-refractivity contribution is 5.94. The van der Waals surface area contributed by atoms with Crippen molar-refractivity contribution in [3.05, 3.63) is 58.1 Å². The highest BCUT2D eigenvalue weighted by Crippen LogP contribution is 2.26. The Morgan fingerprint density at radius 1 is 1.15 bits per heavy atom. The average Bonchev–Trinajstić information content (AvgIpc) is 2.66. The highest BCUT2D eigenvalue weighted by atomic mass is 16.6. The van der Waals surface area contributed by atoms with Gasteiger partial charge in [-0.3, -0.25) is 14.9 Å². The van der Waals surface area contributed by atoms with Gasteiger partial charge < -0.3 is 21.1 Å².